The SMILES string of the molecule is COC(=O)c1ccc(COc2ccccc2C=CC(=O)c2ccc(NC3=NCCCS3)cc2)cc1. The van der Waals surface area contributed by atoms with Gasteiger partial charge in [-0.15, -0.1) is 0 Å². The minimum atomic E-state index is -0.374. The van der Waals surface area contributed by atoms with Crippen molar-refractivity contribution in [1.82, 2.24) is 0 Å². The van der Waals surface area contributed by atoms with Crippen LogP contribution in [0.25, 0.3) is 6.08 Å². The number of nitrogens with one attached hydrogen (secondary N) is 1. The number of thioether (sulfide) groups is 1. The predicted molar refractivity (Wildman–Crippen MR) is 141 cm³/mol. The van der Waals surface area contributed by atoms with E-state index in [1.165, 1.54) is 7.11 Å². The Hall–Kier alpha value is -3.84. The number of hydrogen-bond donors (Lipinski definition) is 1. The molecular weight excluding hydrogens is 460 g/mol. The lowest BCUT2D eigenvalue weighted by molar-refractivity contribution is 0.0600. The lowest BCUT2D eigenvalue weighted by Crippen LogP contribution is -2.13. The van der Waals surface area contributed by atoms with Gasteiger partial charge in [0, 0.05) is 29.1 Å². The fourth-order valence-corrected chi connectivity index (χ4v) is 4.24. The molecule has 7 heteroatoms. The minimum absolute atomic E-state index is 0.0888. The van der Waals surface area contributed by atoms with Crippen molar-refractivity contribution in [3.05, 3.63) is 101 Å². The third kappa shape index (κ3) is 6.83. The molecule has 3 aromatic rings. The number of amidine groups is 1. The van der Waals surface area contributed by atoms with Crippen molar-refractivity contribution in [2.45, 2.75) is 13.0 Å². The third-order valence-electron chi connectivity index (χ3n) is 5.32. The second kappa shape index (κ2) is 12.0. The lowest BCUT2D eigenvalue weighted by atomic mass is 10.1. The molecule has 4 rings (SSSR count). The summed E-state index contributed by atoms with van der Waals surface area (Å²) in [5, 5.41) is 4.22. The molecule has 0 aliphatic carbocycles. The van der Waals surface area contributed by atoms with Crippen molar-refractivity contribution in [1.29, 1.82) is 0 Å². The molecule has 1 aliphatic heterocycles. The quantitative estimate of drug-likeness (QED) is 0.244. The molecule has 178 valence electrons. The van der Waals surface area contributed by atoms with Gasteiger partial charge in [-0.1, -0.05) is 42.1 Å². The van der Waals surface area contributed by atoms with Crippen LogP contribution in [0, 0.1) is 0 Å². The van der Waals surface area contributed by atoms with Gasteiger partial charge in [-0.2, -0.15) is 0 Å². The maximum atomic E-state index is 12.7. The third-order valence-corrected chi connectivity index (χ3v) is 6.32. The van der Waals surface area contributed by atoms with Crippen LogP contribution >= 0.6 is 11.8 Å². The molecule has 0 spiro atoms. The number of rotatable bonds is 8. The highest BCUT2D eigenvalue weighted by Gasteiger charge is 2.08. The summed E-state index contributed by atoms with van der Waals surface area (Å²) in [6.45, 7) is 1.18. The van der Waals surface area contributed by atoms with E-state index in [0.717, 1.165) is 40.7 Å². The summed E-state index contributed by atoms with van der Waals surface area (Å²) in [4.78, 5) is 28.7. The van der Waals surface area contributed by atoms with Gasteiger partial charge in [-0.3, -0.25) is 9.79 Å². The standard InChI is InChI=1S/C28H26N2O4S/c1-33-27(32)23-9-7-20(8-10-23)19-34-26-6-3-2-5-22(26)13-16-25(31)21-11-14-24(15-12-21)30-28-29-17-4-18-35-28/h2-3,5-16H,4,17-19H2,1H3,(H,29,30). The van der Waals surface area contributed by atoms with Crippen LogP contribution in [-0.4, -0.2) is 36.3 Å². The molecule has 0 radical (unpaired) electrons. The Labute approximate surface area is 209 Å². The highest BCUT2D eigenvalue weighted by Crippen LogP contribution is 2.22. The molecule has 6 nitrogen and oxygen atoms in total. The zero-order chi connectivity index (χ0) is 24.5. The number of carbonyl (C=O) groups excluding carboxylic acids is 2. The van der Waals surface area contributed by atoms with Gasteiger partial charge in [-0.25, -0.2) is 4.79 Å². The molecule has 0 unspecified atom stereocenters. The average molecular weight is 487 g/mol. The first-order chi connectivity index (χ1) is 17.1. The molecule has 0 atom stereocenters. The van der Waals surface area contributed by atoms with Crippen LogP contribution in [0.4, 0.5) is 5.69 Å². The number of carbonyl (C=O) groups is 2. The molecule has 1 N–H and O–H groups in total. The first-order valence-corrected chi connectivity index (χ1v) is 12.3. The van der Waals surface area contributed by atoms with Gasteiger partial charge in [0.05, 0.1) is 12.7 Å². The topological polar surface area (TPSA) is 77.0 Å². The Balaban J connectivity index is 1.37. The maximum Gasteiger partial charge on any atom is 0.337 e. The number of aliphatic imine (C=N–C) groups is 1. The highest BCUT2D eigenvalue weighted by molar-refractivity contribution is 8.14. The number of ketones is 1. The second-order valence-electron chi connectivity index (χ2n) is 7.80. The molecule has 0 fully saturated rings. The first-order valence-electron chi connectivity index (χ1n) is 11.3. The largest absolute Gasteiger partial charge is 0.488 e. The summed E-state index contributed by atoms with van der Waals surface area (Å²) in [5.74, 6) is 1.27. The number of methoxy groups -OCH3 is 1. The van der Waals surface area contributed by atoms with Crippen LogP contribution in [0.3, 0.4) is 0 Å². The van der Waals surface area contributed by atoms with Crippen LogP contribution in [0.15, 0.2) is 83.9 Å². The van der Waals surface area contributed by atoms with E-state index < -0.39 is 0 Å². The summed E-state index contributed by atoms with van der Waals surface area (Å²) >= 11 is 1.71. The first kappa shape index (κ1) is 24.3. The zero-order valence-corrected chi connectivity index (χ0v) is 20.2. The maximum absolute atomic E-state index is 12.7. The van der Waals surface area contributed by atoms with Crippen molar-refractivity contribution in [2.24, 2.45) is 4.99 Å². The molecular formula is C28H26N2O4S. The van der Waals surface area contributed by atoms with E-state index in [1.54, 1.807) is 36.0 Å². The molecule has 0 aromatic heterocycles. The van der Waals surface area contributed by atoms with Gasteiger partial charge in [0.2, 0.25) is 0 Å². The van der Waals surface area contributed by atoms with Crippen molar-refractivity contribution in [2.75, 3.05) is 24.7 Å². The van der Waals surface area contributed by atoms with Crippen LogP contribution in [0.2, 0.25) is 0 Å². The Kier molecular flexibility index (Phi) is 8.35. The summed E-state index contributed by atoms with van der Waals surface area (Å²) in [6, 6.07) is 22.0. The molecule has 1 aliphatic rings. The van der Waals surface area contributed by atoms with Gasteiger partial charge in [0.1, 0.15) is 12.4 Å². The Bertz CT molecular complexity index is 1230. The fraction of sp³-hybridized carbons (Fsp3) is 0.179. The summed E-state index contributed by atoms with van der Waals surface area (Å²) in [5.41, 5.74) is 3.73. The minimum Gasteiger partial charge on any atom is -0.488 e. The molecule has 0 saturated heterocycles. The van der Waals surface area contributed by atoms with E-state index in [4.69, 9.17) is 9.47 Å². The average Bonchev–Trinajstić information content (AvgIpc) is 2.92. The van der Waals surface area contributed by atoms with Gasteiger partial charge in [0.15, 0.2) is 11.0 Å². The smallest absolute Gasteiger partial charge is 0.337 e. The number of hydrogen-bond acceptors (Lipinski definition) is 7. The van der Waals surface area contributed by atoms with Crippen molar-refractivity contribution < 1.29 is 19.1 Å². The van der Waals surface area contributed by atoms with Crippen molar-refractivity contribution >= 4 is 40.4 Å². The predicted octanol–water partition coefficient (Wildman–Crippen LogP) is 5.85. The molecule has 0 bridgehead atoms. The molecule has 3 aromatic carbocycles. The number of nitrogens with zero attached hydrogens (tertiary/aromatic N) is 1. The zero-order valence-electron chi connectivity index (χ0n) is 19.4. The number of benzene rings is 3. The Morgan fingerprint density at radius 3 is 2.46 bits per heavy atom. The van der Waals surface area contributed by atoms with E-state index >= 15 is 0 Å². The summed E-state index contributed by atoms with van der Waals surface area (Å²) in [7, 11) is 1.36. The monoisotopic (exact) mass is 486 g/mol. The molecule has 1 heterocycles. The van der Waals surface area contributed by atoms with Gasteiger partial charge in [0.25, 0.3) is 0 Å². The van der Waals surface area contributed by atoms with Crippen LogP contribution in [0.5, 0.6) is 5.75 Å². The van der Waals surface area contributed by atoms with Crippen molar-refractivity contribution in [3.63, 3.8) is 0 Å². The van der Waals surface area contributed by atoms with E-state index in [0.29, 0.717) is 23.5 Å². The van der Waals surface area contributed by atoms with E-state index in [2.05, 4.69) is 10.3 Å². The molecule has 0 amide bonds. The van der Waals surface area contributed by atoms with E-state index in [1.807, 2.05) is 60.7 Å². The Morgan fingerprint density at radius 1 is 1.00 bits per heavy atom. The fourth-order valence-electron chi connectivity index (χ4n) is 3.40. The summed E-state index contributed by atoms with van der Waals surface area (Å²) in [6.07, 6.45) is 4.42. The number of esters is 1. The number of ether oxygens (including phenoxy) is 2. The number of para-hydroxylation sites is 1. The van der Waals surface area contributed by atoms with E-state index in [9.17, 15) is 9.59 Å². The van der Waals surface area contributed by atoms with Gasteiger partial charge < -0.3 is 14.8 Å². The number of anilines is 1. The molecule has 0 saturated carbocycles. The highest BCUT2D eigenvalue weighted by atomic mass is 32.2. The molecule has 35 heavy (non-hydrogen) atoms. The lowest BCUT2D eigenvalue weighted by Gasteiger charge is -2.13. The van der Waals surface area contributed by atoms with Crippen LogP contribution in [-0.2, 0) is 11.3 Å². The normalized spacial score (nSPS) is 13.2. The van der Waals surface area contributed by atoms with E-state index in [-0.39, 0.29) is 11.8 Å². The second-order valence-corrected chi connectivity index (χ2v) is 8.89. The van der Waals surface area contributed by atoms with Crippen LogP contribution < -0.4 is 10.1 Å². The number of allylic oxidation sites excluding steroid dienone is 1. The Morgan fingerprint density at radius 2 is 1.74 bits per heavy atom. The summed E-state index contributed by atoms with van der Waals surface area (Å²) < 4.78 is 10.7. The van der Waals surface area contributed by atoms with Crippen LogP contribution in [0.1, 0.15) is 38.3 Å². The van der Waals surface area contributed by atoms with Gasteiger partial charge >= 0.3 is 5.97 Å². The van der Waals surface area contributed by atoms with Gasteiger partial charge in [-0.05, 0) is 66.6 Å². The van der Waals surface area contributed by atoms with Crippen molar-refractivity contribution in [3.8, 4) is 5.75 Å².